The van der Waals surface area contributed by atoms with Crippen molar-refractivity contribution in [2.45, 2.75) is 6.92 Å². The molecule has 1 aromatic carbocycles. The minimum absolute atomic E-state index is 0.118. The first-order chi connectivity index (χ1) is 8.20. The predicted molar refractivity (Wildman–Crippen MR) is 63.7 cm³/mol. The van der Waals surface area contributed by atoms with Crippen molar-refractivity contribution in [3.8, 4) is 11.3 Å². The summed E-state index contributed by atoms with van der Waals surface area (Å²) in [6.07, 6.45) is 2.23. The summed E-state index contributed by atoms with van der Waals surface area (Å²) in [7, 11) is 0. The van der Waals surface area contributed by atoms with E-state index in [1.807, 2.05) is 12.1 Å². The van der Waals surface area contributed by atoms with Crippen molar-refractivity contribution in [1.82, 2.24) is 10.2 Å². The van der Waals surface area contributed by atoms with E-state index in [9.17, 15) is 9.59 Å². The Morgan fingerprint density at radius 2 is 2.06 bits per heavy atom. The van der Waals surface area contributed by atoms with Gasteiger partial charge in [-0.1, -0.05) is 12.1 Å². The second kappa shape index (κ2) is 4.61. The minimum atomic E-state index is -0.118. The van der Waals surface area contributed by atoms with Crippen LogP contribution in [0.4, 0.5) is 5.69 Å². The van der Waals surface area contributed by atoms with Gasteiger partial charge in [0.1, 0.15) is 0 Å². The number of amides is 1. The van der Waals surface area contributed by atoms with Crippen LogP contribution in [-0.2, 0) is 4.79 Å². The Hall–Kier alpha value is -2.43. The van der Waals surface area contributed by atoms with Gasteiger partial charge in [-0.2, -0.15) is 5.10 Å². The summed E-state index contributed by atoms with van der Waals surface area (Å²) in [5.41, 5.74) is 2.75. The second-order valence-corrected chi connectivity index (χ2v) is 3.58. The van der Waals surface area contributed by atoms with Gasteiger partial charge in [-0.15, -0.1) is 0 Å². The van der Waals surface area contributed by atoms with E-state index in [-0.39, 0.29) is 5.91 Å². The van der Waals surface area contributed by atoms with E-state index in [1.165, 1.54) is 13.1 Å². The van der Waals surface area contributed by atoms with Gasteiger partial charge >= 0.3 is 0 Å². The average molecular weight is 229 g/mol. The van der Waals surface area contributed by atoms with Gasteiger partial charge in [-0.25, -0.2) is 0 Å². The highest BCUT2D eigenvalue weighted by atomic mass is 16.1. The Morgan fingerprint density at radius 1 is 1.35 bits per heavy atom. The number of nitrogens with zero attached hydrogens (tertiary/aromatic N) is 1. The third-order valence-corrected chi connectivity index (χ3v) is 2.29. The lowest BCUT2D eigenvalue weighted by Crippen LogP contribution is -2.05. The highest BCUT2D eigenvalue weighted by molar-refractivity contribution is 5.89. The van der Waals surface area contributed by atoms with Gasteiger partial charge in [0.2, 0.25) is 5.91 Å². The number of benzene rings is 1. The Kier molecular flexibility index (Phi) is 3.00. The summed E-state index contributed by atoms with van der Waals surface area (Å²) in [5, 5.41) is 9.25. The van der Waals surface area contributed by atoms with Crippen LogP contribution in [0, 0.1) is 0 Å². The minimum Gasteiger partial charge on any atom is -0.326 e. The molecule has 0 saturated carbocycles. The number of hydrogen-bond acceptors (Lipinski definition) is 3. The van der Waals surface area contributed by atoms with E-state index in [1.54, 1.807) is 12.1 Å². The fraction of sp³-hybridized carbons (Fsp3) is 0.0833. The first-order valence-electron chi connectivity index (χ1n) is 5.07. The molecular formula is C12H11N3O2. The zero-order valence-electron chi connectivity index (χ0n) is 9.23. The third kappa shape index (κ3) is 2.39. The standard InChI is InChI=1S/C12H11N3O2/c1-8(17)14-11-4-2-9(3-5-11)12-10(7-16)6-13-15-12/h2-7H,1H3,(H,13,15)(H,14,17). The monoisotopic (exact) mass is 229 g/mol. The SMILES string of the molecule is CC(=O)Nc1ccc(-c2[nH]ncc2C=O)cc1. The van der Waals surface area contributed by atoms with Crippen LogP contribution in [0.1, 0.15) is 17.3 Å². The van der Waals surface area contributed by atoms with E-state index < -0.39 is 0 Å². The summed E-state index contributed by atoms with van der Waals surface area (Å²) >= 11 is 0. The average Bonchev–Trinajstić information content (AvgIpc) is 2.77. The highest BCUT2D eigenvalue weighted by Gasteiger charge is 2.06. The van der Waals surface area contributed by atoms with Gasteiger partial charge < -0.3 is 5.32 Å². The summed E-state index contributed by atoms with van der Waals surface area (Å²) in [4.78, 5) is 21.6. The quantitative estimate of drug-likeness (QED) is 0.788. The lowest BCUT2D eigenvalue weighted by Gasteiger charge is -2.03. The van der Waals surface area contributed by atoms with Crippen LogP contribution in [0.2, 0.25) is 0 Å². The Balaban J connectivity index is 2.29. The Labute approximate surface area is 97.9 Å². The van der Waals surface area contributed by atoms with Crippen molar-refractivity contribution in [2.24, 2.45) is 0 Å². The maximum absolute atomic E-state index is 10.9. The van der Waals surface area contributed by atoms with E-state index in [0.717, 1.165) is 11.8 Å². The molecule has 0 aliphatic carbocycles. The van der Waals surface area contributed by atoms with Crippen LogP contribution >= 0.6 is 0 Å². The number of aromatic nitrogens is 2. The zero-order valence-corrected chi connectivity index (χ0v) is 9.23. The van der Waals surface area contributed by atoms with Crippen LogP contribution < -0.4 is 5.32 Å². The van der Waals surface area contributed by atoms with Crippen molar-refractivity contribution in [1.29, 1.82) is 0 Å². The molecule has 5 nitrogen and oxygen atoms in total. The van der Waals surface area contributed by atoms with Crippen molar-refractivity contribution in [2.75, 3.05) is 5.32 Å². The van der Waals surface area contributed by atoms with Gasteiger partial charge in [-0.05, 0) is 12.1 Å². The number of H-pyrrole nitrogens is 1. The second-order valence-electron chi connectivity index (χ2n) is 3.58. The molecule has 0 aliphatic rings. The number of hydrogen-bond donors (Lipinski definition) is 2. The van der Waals surface area contributed by atoms with Crippen LogP contribution in [-0.4, -0.2) is 22.4 Å². The van der Waals surface area contributed by atoms with Crippen LogP contribution in [0.25, 0.3) is 11.3 Å². The van der Waals surface area contributed by atoms with Crippen molar-refractivity contribution >= 4 is 17.9 Å². The predicted octanol–water partition coefficient (Wildman–Crippen LogP) is 1.85. The number of aldehydes is 1. The maximum Gasteiger partial charge on any atom is 0.221 e. The molecule has 0 fully saturated rings. The number of aromatic amines is 1. The van der Waals surface area contributed by atoms with Gasteiger partial charge in [0.15, 0.2) is 6.29 Å². The first kappa shape index (κ1) is 11.1. The highest BCUT2D eigenvalue weighted by Crippen LogP contribution is 2.21. The summed E-state index contributed by atoms with van der Waals surface area (Å²) in [5.74, 6) is -0.118. The van der Waals surface area contributed by atoms with E-state index in [4.69, 9.17) is 0 Å². The molecule has 17 heavy (non-hydrogen) atoms. The van der Waals surface area contributed by atoms with Crippen LogP contribution in [0.5, 0.6) is 0 Å². The van der Waals surface area contributed by atoms with Gasteiger partial charge in [0.05, 0.1) is 17.5 Å². The molecule has 86 valence electrons. The lowest BCUT2D eigenvalue weighted by molar-refractivity contribution is -0.114. The number of rotatable bonds is 3. The molecule has 2 rings (SSSR count). The zero-order chi connectivity index (χ0) is 12.3. The Morgan fingerprint density at radius 3 is 2.65 bits per heavy atom. The lowest BCUT2D eigenvalue weighted by atomic mass is 10.1. The summed E-state index contributed by atoms with van der Waals surface area (Å²) in [6, 6.07) is 7.16. The largest absolute Gasteiger partial charge is 0.326 e. The van der Waals surface area contributed by atoms with Crippen LogP contribution in [0.3, 0.4) is 0 Å². The molecule has 0 spiro atoms. The van der Waals surface area contributed by atoms with E-state index >= 15 is 0 Å². The van der Waals surface area contributed by atoms with E-state index in [0.29, 0.717) is 16.9 Å². The smallest absolute Gasteiger partial charge is 0.221 e. The molecule has 0 radical (unpaired) electrons. The molecular weight excluding hydrogens is 218 g/mol. The fourth-order valence-electron chi connectivity index (χ4n) is 1.54. The number of carbonyl (C=O) groups is 2. The van der Waals surface area contributed by atoms with E-state index in [2.05, 4.69) is 15.5 Å². The summed E-state index contributed by atoms with van der Waals surface area (Å²) < 4.78 is 0. The Bertz CT molecular complexity index is 543. The number of anilines is 1. The molecule has 0 bridgehead atoms. The number of nitrogens with one attached hydrogen (secondary N) is 2. The van der Waals surface area contributed by atoms with Gasteiger partial charge in [-0.3, -0.25) is 14.7 Å². The normalized spacial score (nSPS) is 9.94. The third-order valence-electron chi connectivity index (χ3n) is 2.29. The molecule has 0 atom stereocenters. The molecule has 1 amide bonds. The van der Waals surface area contributed by atoms with Crippen LogP contribution in [0.15, 0.2) is 30.5 Å². The van der Waals surface area contributed by atoms with Gasteiger partial charge in [0.25, 0.3) is 0 Å². The molecule has 0 unspecified atom stereocenters. The molecule has 0 aliphatic heterocycles. The molecule has 0 saturated heterocycles. The first-order valence-corrected chi connectivity index (χ1v) is 5.07. The molecule has 2 aromatic rings. The molecule has 1 aromatic heterocycles. The van der Waals surface area contributed by atoms with Gasteiger partial charge in [0, 0.05) is 18.2 Å². The topological polar surface area (TPSA) is 74.8 Å². The number of carbonyl (C=O) groups excluding carboxylic acids is 2. The maximum atomic E-state index is 10.9. The fourth-order valence-corrected chi connectivity index (χ4v) is 1.54. The van der Waals surface area contributed by atoms with Crippen molar-refractivity contribution < 1.29 is 9.59 Å². The molecule has 1 heterocycles. The molecule has 2 N–H and O–H groups in total. The van der Waals surface area contributed by atoms with Crippen molar-refractivity contribution in [3.63, 3.8) is 0 Å². The molecule has 5 heteroatoms. The van der Waals surface area contributed by atoms with Crippen molar-refractivity contribution in [3.05, 3.63) is 36.0 Å². The summed E-state index contributed by atoms with van der Waals surface area (Å²) in [6.45, 7) is 1.45.